The van der Waals surface area contributed by atoms with Crippen LogP contribution in [0.3, 0.4) is 0 Å². The second-order valence-corrected chi connectivity index (χ2v) is 8.24. The quantitative estimate of drug-likeness (QED) is 0.369. The molecule has 0 spiro atoms. The van der Waals surface area contributed by atoms with Crippen molar-refractivity contribution >= 4 is 23.0 Å². The fraction of sp³-hybridized carbons (Fsp3) is 0.154. The molecule has 2 aromatic carbocycles. The van der Waals surface area contributed by atoms with Crippen LogP contribution in [0.2, 0.25) is 0 Å². The van der Waals surface area contributed by atoms with Gasteiger partial charge >= 0.3 is 0 Å². The van der Waals surface area contributed by atoms with Crippen molar-refractivity contribution in [1.29, 1.82) is 0 Å². The zero-order chi connectivity index (χ0) is 22.1. The summed E-state index contributed by atoms with van der Waals surface area (Å²) in [6.07, 6.45) is 1.80. The van der Waals surface area contributed by atoms with E-state index >= 15 is 0 Å². The van der Waals surface area contributed by atoms with Gasteiger partial charge in [-0.2, -0.15) is 0 Å². The summed E-state index contributed by atoms with van der Waals surface area (Å²) in [7, 11) is 0. The van der Waals surface area contributed by atoms with Gasteiger partial charge in [0.2, 0.25) is 0 Å². The Bertz CT molecular complexity index is 1220. The third-order valence-corrected chi connectivity index (χ3v) is 5.84. The van der Waals surface area contributed by atoms with Crippen LogP contribution in [0, 0.1) is 13.8 Å². The molecule has 5 nitrogen and oxygen atoms in total. The fourth-order valence-corrected chi connectivity index (χ4v) is 4.30. The lowest BCUT2D eigenvalue weighted by Crippen LogP contribution is -2.29. The van der Waals surface area contributed by atoms with Crippen LogP contribution in [0.1, 0.15) is 34.9 Å². The van der Waals surface area contributed by atoms with E-state index in [4.69, 9.17) is 21.4 Å². The Morgan fingerprint density at radius 3 is 2.25 bits per heavy atom. The first kappa shape index (κ1) is 20.3. The molecule has 0 amide bonds. The minimum atomic E-state index is -0.157. The molecule has 1 aliphatic heterocycles. The molecule has 0 aliphatic carbocycles. The number of anilines is 1. The van der Waals surface area contributed by atoms with E-state index in [1.165, 1.54) is 5.56 Å². The van der Waals surface area contributed by atoms with E-state index < -0.39 is 0 Å². The lowest BCUT2D eigenvalue weighted by Gasteiger charge is -2.26. The number of furan rings is 1. The topological polar surface area (TPSA) is 50.5 Å². The van der Waals surface area contributed by atoms with Crippen molar-refractivity contribution < 1.29 is 9.15 Å². The molecule has 4 aromatic rings. The molecule has 0 bridgehead atoms. The molecular weight excluding hydrogens is 418 g/mol. The summed E-state index contributed by atoms with van der Waals surface area (Å²) in [5, 5.41) is 4.07. The third-order valence-electron chi connectivity index (χ3n) is 5.52. The van der Waals surface area contributed by atoms with Crippen LogP contribution in [0.15, 0.2) is 89.5 Å². The van der Waals surface area contributed by atoms with Crippen molar-refractivity contribution in [1.82, 2.24) is 10.3 Å². The average Bonchev–Trinajstić information content (AvgIpc) is 3.39. The molecule has 0 saturated carbocycles. The Morgan fingerprint density at radius 1 is 0.906 bits per heavy atom. The largest absolute Gasteiger partial charge is 0.464 e. The zero-order valence-electron chi connectivity index (χ0n) is 17.9. The number of pyridine rings is 1. The molecular formula is C26H23N3O2S. The molecule has 1 N–H and O–H groups in total. The van der Waals surface area contributed by atoms with Crippen LogP contribution >= 0.6 is 12.2 Å². The van der Waals surface area contributed by atoms with Gasteiger partial charge < -0.3 is 19.4 Å². The summed E-state index contributed by atoms with van der Waals surface area (Å²) < 4.78 is 12.0. The molecule has 3 heterocycles. The molecule has 5 rings (SSSR count). The molecule has 32 heavy (non-hydrogen) atoms. The number of benzene rings is 2. The molecule has 6 heteroatoms. The maximum Gasteiger partial charge on any atom is 0.174 e. The summed E-state index contributed by atoms with van der Waals surface area (Å²) in [6.45, 7) is 4.00. The van der Waals surface area contributed by atoms with Crippen molar-refractivity contribution in [2.75, 3.05) is 4.90 Å². The zero-order valence-corrected chi connectivity index (χ0v) is 18.7. The normalized spacial score (nSPS) is 17.9. The first-order valence-corrected chi connectivity index (χ1v) is 10.9. The number of hydrogen-bond acceptors (Lipinski definition) is 4. The highest BCUT2D eigenvalue weighted by Gasteiger charge is 2.42. The summed E-state index contributed by atoms with van der Waals surface area (Å²) in [5.41, 5.74) is 3.07. The van der Waals surface area contributed by atoms with Crippen LogP contribution in [-0.4, -0.2) is 10.1 Å². The Balaban J connectivity index is 1.46. The Hall–Kier alpha value is -3.64. The standard InChI is InChI=1S/C26H23N3O2S/c1-17-6-11-20(12-7-17)31-21-13-9-19(10-14-21)29-25(23-15-8-18(2)30-23)24(28-26(29)32)22-5-3-4-16-27-22/h3-16,24-25H,1-2H3,(H,28,32). The van der Waals surface area contributed by atoms with Gasteiger partial charge in [0.25, 0.3) is 0 Å². The Labute approximate surface area is 192 Å². The van der Waals surface area contributed by atoms with E-state index in [9.17, 15) is 0 Å². The first-order valence-electron chi connectivity index (χ1n) is 10.5. The number of nitrogens with zero attached hydrogens (tertiary/aromatic N) is 2. The minimum absolute atomic E-state index is 0.127. The van der Waals surface area contributed by atoms with Gasteiger partial charge in [-0.1, -0.05) is 23.8 Å². The van der Waals surface area contributed by atoms with Gasteiger partial charge in [-0.05, 0) is 86.7 Å². The smallest absolute Gasteiger partial charge is 0.174 e. The molecule has 2 aromatic heterocycles. The number of thiocarbonyl (C=S) groups is 1. The number of hydrogen-bond donors (Lipinski definition) is 1. The highest BCUT2D eigenvalue weighted by molar-refractivity contribution is 7.80. The Morgan fingerprint density at radius 2 is 1.62 bits per heavy atom. The Kier molecular flexibility index (Phi) is 5.37. The minimum Gasteiger partial charge on any atom is -0.464 e. The van der Waals surface area contributed by atoms with Gasteiger partial charge in [0, 0.05) is 11.9 Å². The molecule has 0 radical (unpaired) electrons. The predicted octanol–water partition coefficient (Wildman–Crippen LogP) is 6.26. The van der Waals surface area contributed by atoms with Crippen molar-refractivity contribution in [2.24, 2.45) is 0 Å². The van der Waals surface area contributed by atoms with Crippen LogP contribution in [0.4, 0.5) is 5.69 Å². The highest BCUT2D eigenvalue weighted by Crippen LogP contribution is 2.42. The van der Waals surface area contributed by atoms with E-state index in [0.29, 0.717) is 5.11 Å². The summed E-state index contributed by atoms with van der Waals surface area (Å²) >= 11 is 5.75. The van der Waals surface area contributed by atoms with Crippen molar-refractivity contribution in [3.8, 4) is 11.5 Å². The summed E-state index contributed by atoms with van der Waals surface area (Å²) in [4.78, 5) is 6.65. The van der Waals surface area contributed by atoms with Crippen molar-refractivity contribution in [3.63, 3.8) is 0 Å². The number of ether oxygens (including phenoxy) is 1. The second kappa shape index (κ2) is 8.48. The van der Waals surface area contributed by atoms with Gasteiger partial charge in [0.15, 0.2) is 5.11 Å². The van der Waals surface area contributed by atoms with E-state index in [1.54, 1.807) is 6.20 Å². The van der Waals surface area contributed by atoms with Crippen molar-refractivity contribution in [3.05, 3.63) is 108 Å². The van der Waals surface area contributed by atoms with E-state index in [-0.39, 0.29) is 12.1 Å². The maximum atomic E-state index is 6.04. The fourth-order valence-electron chi connectivity index (χ4n) is 3.95. The lowest BCUT2D eigenvalue weighted by molar-refractivity contribution is 0.418. The average molecular weight is 442 g/mol. The van der Waals surface area contributed by atoms with Gasteiger partial charge in [0.1, 0.15) is 29.1 Å². The first-order chi connectivity index (χ1) is 15.6. The van der Waals surface area contributed by atoms with Gasteiger partial charge in [-0.15, -0.1) is 0 Å². The van der Waals surface area contributed by atoms with E-state index in [1.807, 2.05) is 85.8 Å². The van der Waals surface area contributed by atoms with Crippen LogP contribution in [0.5, 0.6) is 11.5 Å². The van der Waals surface area contributed by atoms with Gasteiger partial charge in [-0.25, -0.2) is 0 Å². The number of rotatable bonds is 5. The number of aryl methyl sites for hydroxylation is 2. The molecule has 1 aliphatic rings. The SMILES string of the molecule is Cc1ccc(Oc2ccc(N3C(=S)NC(c4ccccn4)C3c3ccc(C)o3)cc2)cc1. The number of aromatic nitrogens is 1. The predicted molar refractivity (Wildman–Crippen MR) is 129 cm³/mol. The monoisotopic (exact) mass is 441 g/mol. The van der Waals surface area contributed by atoms with Gasteiger partial charge in [-0.3, -0.25) is 4.98 Å². The molecule has 2 unspecified atom stereocenters. The molecule has 2 atom stereocenters. The highest BCUT2D eigenvalue weighted by atomic mass is 32.1. The summed E-state index contributed by atoms with van der Waals surface area (Å²) in [6, 6.07) is 25.5. The van der Waals surface area contributed by atoms with Crippen molar-refractivity contribution in [2.45, 2.75) is 25.9 Å². The maximum absolute atomic E-state index is 6.04. The second-order valence-electron chi connectivity index (χ2n) is 7.85. The lowest BCUT2D eigenvalue weighted by atomic mass is 10.0. The summed E-state index contributed by atoms with van der Waals surface area (Å²) in [5.74, 6) is 3.27. The number of nitrogens with one attached hydrogen (secondary N) is 1. The van der Waals surface area contributed by atoms with Crippen LogP contribution < -0.4 is 15.0 Å². The molecule has 1 saturated heterocycles. The van der Waals surface area contributed by atoms with Gasteiger partial charge in [0.05, 0.1) is 11.7 Å². The molecule has 160 valence electrons. The van der Waals surface area contributed by atoms with E-state index in [2.05, 4.69) is 22.1 Å². The third kappa shape index (κ3) is 3.97. The molecule has 1 fully saturated rings. The van der Waals surface area contributed by atoms with Crippen LogP contribution in [-0.2, 0) is 0 Å². The van der Waals surface area contributed by atoms with E-state index in [0.717, 1.165) is 34.4 Å². The van der Waals surface area contributed by atoms with Crippen LogP contribution in [0.25, 0.3) is 0 Å².